The summed E-state index contributed by atoms with van der Waals surface area (Å²) >= 11 is 0. The Balaban J connectivity index is 1.07. The average molecular weight is 753 g/mol. The number of benzene rings is 9. The summed E-state index contributed by atoms with van der Waals surface area (Å²) < 4.78 is 11.4. The quantitative estimate of drug-likeness (QED) is 0.180. The van der Waals surface area contributed by atoms with Crippen molar-refractivity contribution in [2.24, 2.45) is 0 Å². The molecule has 0 unspecified atom stereocenters. The molecule has 13 rings (SSSR count). The first-order chi connectivity index (χ1) is 29.3. The van der Waals surface area contributed by atoms with Crippen molar-refractivity contribution in [3.05, 3.63) is 194 Å². The van der Waals surface area contributed by atoms with E-state index < -0.39 is 0 Å². The summed E-state index contributed by atoms with van der Waals surface area (Å²) in [6.45, 7) is 0. The second-order valence-corrected chi connectivity index (χ2v) is 15.3. The fraction of sp³-hybridized carbons (Fsp3) is 0. The van der Waals surface area contributed by atoms with Crippen LogP contribution in [0.25, 0.3) is 121 Å². The molecule has 0 aliphatic rings. The van der Waals surface area contributed by atoms with Crippen LogP contribution < -0.4 is 0 Å². The Kier molecular flexibility index (Phi) is 6.66. The highest BCUT2D eigenvalue weighted by Crippen LogP contribution is 2.42. The third kappa shape index (κ3) is 4.67. The molecule has 4 aromatic heterocycles. The molecule has 0 aliphatic heterocycles. The maximum Gasteiger partial charge on any atom is 0.180 e. The van der Waals surface area contributed by atoms with Gasteiger partial charge in [-0.1, -0.05) is 127 Å². The van der Waals surface area contributed by atoms with E-state index in [1.54, 1.807) is 0 Å². The maximum absolute atomic E-state index is 6.65. The first kappa shape index (κ1) is 32.1. The highest BCUT2D eigenvalue weighted by Gasteiger charge is 2.22. The van der Waals surface area contributed by atoms with Crippen LogP contribution in [-0.2, 0) is 0 Å². The minimum absolute atomic E-state index is 0.652. The molecule has 0 bridgehead atoms. The number of hydrogen-bond donors (Lipinski definition) is 0. The van der Waals surface area contributed by atoms with Gasteiger partial charge in [-0.25, -0.2) is 9.97 Å². The van der Waals surface area contributed by atoms with E-state index in [2.05, 4.69) is 185 Å². The van der Waals surface area contributed by atoms with Gasteiger partial charge in [0.15, 0.2) is 11.4 Å². The molecule has 0 atom stereocenters. The summed E-state index contributed by atoms with van der Waals surface area (Å²) in [6, 6.07) is 69.1. The molecule has 0 aliphatic carbocycles. The summed E-state index contributed by atoms with van der Waals surface area (Å²) in [4.78, 5) is 10.8. The molecule has 5 nitrogen and oxygen atoms in total. The van der Waals surface area contributed by atoms with Crippen LogP contribution in [0.2, 0.25) is 0 Å². The molecule has 0 spiro atoms. The van der Waals surface area contributed by atoms with Crippen molar-refractivity contribution in [2.75, 3.05) is 0 Å². The van der Waals surface area contributed by atoms with E-state index in [1.807, 2.05) is 18.2 Å². The molecule has 0 N–H and O–H groups in total. The zero-order valence-electron chi connectivity index (χ0n) is 31.7. The minimum Gasteiger partial charge on any atom is -0.452 e. The lowest BCUT2D eigenvalue weighted by atomic mass is 10.0. The molecule has 0 radical (unpaired) electrons. The van der Waals surface area contributed by atoms with Gasteiger partial charge in [0.05, 0.1) is 27.8 Å². The molecule has 274 valence electrons. The maximum atomic E-state index is 6.65. The smallest absolute Gasteiger partial charge is 0.180 e. The summed E-state index contributed by atoms with van der Waals surface area (Å²) in [5.74, 6) is 0.652. The van der Waals surface area contributed by atoms with Crippen molar-refractivity contribution in [1.82, 2.24) is 19.1 Å². The molecule has 0 amide bonds. The molecule has 0 saturated carbocycles. The predicted octanol–water partition coefficient (Wildman–Crippen LogP) is 14.2. The largest absolute Gasteiger partial charge is 0.452 e. The van der Waals surface area contributed by atoms with Crippen LogP contribution in [0.1, 0.15) is 0 Å². The van der Waals surface area contributed by atoms with Crippen LogP contribution in [0.3, 0.4) is 0 Å². The fourth-order valence-electron chi connectivity index (χ4n) is 9.47. The van der Waals surface area contributed by atoms with Crippen molar-refractivity contribution in [3.8, 4) is 34.0 Å². The molecule has 9 aromatic carbocycles. The van der Waals surface area contributed by atoms with Gasteiger partial charge in [0.1, 0.15) is 16.8 Å². The second kappa shape index (κ2) is 12.2. The van der Waals surface area contributed by atoms with Crippen LogP contribution in [0, 0.1) is 0 Å². The summed E-state index contributed by atoms with van der Waals surface area (Å²) in [5, 5.41) is 10.5. The van der Waals surface area contributed by atoms with Gasteiger partial charge in [0.25, 0.3) is 0 Å². The Hall–Kier alpha value is -8.02. The van der Waals surface area contributed by atoms with E-state index in [1.165, 1.54) is 43.4 Å². The molecule has 0 fully saturated rings. The number of fused-ring (bicyclic) bond motifs is 11. The summed E-state index contributed by atoms with van der Waals surface area (Å²) in [6.07, 6.45) is 0. The topological polar surface area (TPSA) is 48.8 Å². The van der Waals surface area contributed by atoms with Crippen LogP contribution in [0.4, 0.5) is 0 Å². The van der Waals surface area contributed by atoms with Gasteiger partial charge in [-0.3, -0.25) is 0 Å². The van der Waals surface area contributed by atoms with Gasteiger partial charge in [-0.05, 0) is 82.9 Å². The van der Waals surface area contributed by atoms with Gasteiger partial charge in [0, 0.05) is 49.1 Å². The first-order valence-corrected chi connectivity index (χ1v) is 20.0. The predicted molar refractivity (Wildman–Crippen MR) is 244 cm³/mol. The van der Waals surface area contributed by atoms with Crippen LogP contribution in [0.15, 0.2) is 199 Å². The highest BCUT2D eigenvalue weighted by molar-refractivity contribution is 6.16. The number of furan rings is 1. The van der Waals surface area contributed by atoms with Gasteiger partial charge in [-0.15, -0.1) is 0 Å². The van der Waals surface area contributed by atoms with Crippen LogP contribution in [0.5, 0.6) is 0 Å². The zero-order valence-corrected chi connectivity index (χ0v) is 31.7. The lowest BCUT2D eigenvalue weighted by Gasteiger charge is -2.15. The van der Waals surface area contributed by atoms with Gasteiger partial charge in [-0.2, -0.15) is 0 Å². The van der Waals surface area contributed by atoms with E-state index >= 15 is 0 Å². The van der Waals surface area contributed by atoms with Crippen molar-refractivity contribution >= 4 is 87.2 Å². The number of hydrogen-bond acceptors (Lipinski definition) is 3. The standard InChI is InChI=1S/C54H32N4O/c1-2-16-36(17-3-1)57-45-23-11-8-20-39(45)41-27-26-35(32-48(41)57)51-53-52(43-22-10-13-25-50(43)59-53)56-54(55-51)42-28-29-47(38-19-7-6-18-37(38)42)58-46-24-12-9-21-40(46)44-30-33-14-4-5-15-34(33)31-49(44)58/h1-32H. The third-order valence-corrected chi connectivity index (χ3v) is 12.1. The summed E-state index contributed by atoms with van der Waals surface area (Å²) in [7, 11) is 0. The van der Waals surface area contributed by atoms with Crippen molar-refractivity contribution in [3.63, 3.8) is 0 Å². The molecule has 59 heavy (non-hydrogen) atoms. The monoisotopic (exact) mass is 752 g/mol. The van der Waals surface area contributed by atoms with E-state index in [-0.39, 0.29) is 0 Å². The van der Waals surface area contributed by atoms with Gasteiger partial charge in [0.2, 0.25) is 0 Å². The SMILES string of the molecule is c1ccc(-n2c3ccccc3c3ccc(-c4nc(-c5ccc(-n6c7ccccc7c7cc8ccccc8cc76)c6ccccc56)nc5c4oc4ccccc45)cc32)cc1. The minimum atomic E-state index is 0.652. The Bertz CT molecular complexity index is 3850. The van der Waals surface area contributed by atoms with E-state index in [0.29, 0.717) is 11.4 Å². The van der Waals surface area contributed by atoms with Gasteiger partial charge >= 0.3 is 0 Å². The van der Waals surface area contributed by atoms with Gasteiger partial charge < -0.3 is 13.6 Å². The molecular weight excluding hydrogens is 721 g/mol. The van der Waals surface area contributed by atoms with Crippen molar-refractivity contribution < 1.29 is 4.42 Å². The molecule has 4 heterocycles. The van der Waals surface area contributed by atoms with Crippen molar-refractivity contribution in [1.29, 1.82) is 0 Å². The van der Waals surface area contributed by atoms with Crippen LogP contribution in [-0.4, -0.2) is 19.1 Å². The molecule has 0 saturated heterocycles. The Morgan fingerprint density at radius 3 is 1.81 bits per heavy atom. The number of para-hydroxylation sites is 4. The lowest BCUT2D eigenvalue weighted by Crippen LogP contribution is -1.99. The fourth-order valence-corrected chi connectivity index (χ4v) is 9.47. The second-order valence-electron chi connectivity index (χ2n) is 15.3. The number of rotatable bonds is 4. The van der Waals surface area contributed by atoms with E-state index in [9.17, 15) is 0 Å². The first-order valence-electron chi connectivity index (χ1n) is 20.0. The molecule has 5 heteroatoms. The van der Waals surface area contributed by atoms with Crippen LogP contribution >= 0.6 is 0 Å². The lowest BCUT2D eigenvalue weighted by molar-refractivity contribution is 0.667. The Labute approximate surface area is 337 Å². The normalized spacial score (nSPS) is 12.1. The molecule has 13 aromatic rings. The summed E-state index contributed by atoms with van der Waals surface area (Å²) in [5.41, 5.74) is 11.8. The van der Waals surface area contributed by atoms with E-state index in [0.717, 1.165) is 66.5 Å². The average Bonchev–Trinajstić information content (AvgIpc) is 3.95. The number of nitrogens with zero attached hydrogens (tertiary/aromatic N) is 4. The molecular formula is C54H32N4O. The zero-order chi connectivity index (χ0) is 38.6. The Morgan fingerprint density at radius 1 is 0.390 bits per heavy atom. The number of aromatic nitrogens is 4. The highest BCUT2D eigenvalue weighted by atomic mass is 16.3. The Morgan fingerprint density at radius 2 is 1.00 bits per heavy atom. The van der Waals surface area contributed by atoms with E-state index in [4.69, 9.17) is 14.4 Å². The third-order valence-electron chi connectivity index (χ3n) is 12.1. The van der Waals surface area contributed by atoms with Crippen molar-refractivity contribution in [2.45, 2.75) is 0 Å².